The van der Waals surface area contributed by atoms with Crippen molar-refractivity contribution < 1.29 is 5.11 Å². The molecule has 2 N–H and O–H groups in total. The Morgan fingerprint density at radius 1 is 1.41 bits per heavy atom. The third kappa shape index (κ3) is 3.09. The zero-order valence-electron chi connectivity index (χ0n) is 10.8. The molecule has 2 unspecified atom stereocenters. The van der Waals surface area contributed by atoms with E-state index in [-0.39, 0.29) is 12.6 Å². The number of fused-ring (bicyclic) bond motifs is 1. The standard InChI is InChI=1S/C14H23NOS/c1-3-12(9-16)15-10(2)14-8-11-6-4-5-7-13(11)17-14/h8,10,12,15-16H,3-7,9H2,1-2H3. The number of nitrogens with one attached hydrogen (secondary N) is 1. The lowest BCUT2D eigenvalue weighted by molar-refractivity contribution is 0.230. The Bertz CT molecular complexity index is 334. The molecule has 2 nitrogen and oxygen atoms in total. The summed E-state index contributed by atoms with van der Waals surface area (Å²) < 4.78 is 0. The van der Waals surface area contributed by atoms with Crippen LogP contribution >= 0.6 is 11.3 Å². The van der Waals surface area contributed by atoms with Gasteiger partial charge in [0.1, 0.15) is 0 Å². The summed E-state index contributed by atoms with van der Waals surface area (Å²) in [4.78, 5) is 3.03. The largest absolute Gasteiger partial charge is 0.395 e. The van der Waals surface area contributed by atoms with Crippen molar-refractivity contribution in [3.8, 4) is 0 Å². The van der Waals surface area contributed by atoms with E-state index in [1.807, 2.05) is 11.3 Å². The van der Waals surface area contributed by atoms with Gasteiger partial charge in [-0.15, -0.1) is 11.3 Å². The molecule has 1 aliphatic carbocycles. The van der Waals surface area contributed by atoms with Crippen LogP contribution in [0.1, 0.15) is 54.5 Å². The quantitative estimate of drug-likeness (QED) is 0.845. The van der Waals surface area contributed by atoms with Crippen molar-refractivity contribution in [3.05, 3.63) is 21.4 Å². The Morgan fingerprint density at radius 2 is 2.18 bits per heavy atom. The van der Waals surface area contributed by atoms with Gasteiger partial charge in [0.25, 0.3) is 0 Å². The molecule has 0 aliphatic heterocycles. The van der Waals surface area contributed by atoms with Crippen LogP contribution in [0.3, 0.4) is 0 Å². The Labute approximate surface area is 108 Å². The smallest absolute Gasteiger partial charge is 0.0584 e. The molecule has 1 aromatic rings. The molecule has 0 amide bonds. The maximum Gasteiger partial charge on any atom is 0.0584 e. The van der Waals surface area contributed by atoms with Gasteiger partial charge in [-0.3, -0.25) is 0 Å². The molecule has 2 rings (SSSR count). The summed E-state index contributed by atoms with van der Waals surface area (Å²) in [6, 6.07) is 2.97. The molecule has 0 saturated carbocycles. The van der Waals surface area contributed by atoms with Crippen molar-refractivity contribution >= 4 is 11.3 Å². The van der Waals surface area contributed by atoms with Gasteiger partial charge in [0, 0.05) is 21.8 Å². The number of hydrogen-bond acceptors (Lipinski definition) is 3. The summed E-state index contributed by atoms with van der Waals surface area (Å²) in [7, 11) is 0. The van der Waals surface area contributed by atoms with Crippen molar-refractivity contribution in [3.63, 3.8) is 0 Å². The number of aliphatic hydroxyl groups is 1. The summed E-state index contributed by atoms with van der Waals surface area (Å²) in [5.74, 6) is 0. The number of rotatable bonds is 5. The summed E-state index contributed by atoms with van der Waals surface area (Å²) in [6.45, 7) is 4.54. The highest BCUT2D eigenvalue weighted by atomic mass is 32.1. The molecule has 0 aromatic carbocycles. The molecule has 0 bridgehead atoms. The fourth-order valence-corrected chi connectivity index (χ4v) is 3.73. The number of aliphatic hydroxyl groups excluding tert-OH is 1. The first-order valence-corrected chi connectivity index (χ1v) is 7.54. The number of aryl methyl sites for hydroxylation is 2. The molecule has 2 atom stereocenters. The Balaban J connectivity index is 2.03. The second-order valence-electron chi connectivity index (χ2n) is 4.98. The SMILES string of the molecule is CCC(CO)NC(C)c1cc2c(s1)CCCC2. The van der Waals surface area contributed by atoms with Crippen LogP contribution in [0.15, 0.2) is 6.07 Å². The van der Waals surface area contributed by atoms with Crippen LogP contribution < -0.4 is 5.32 Å². The molecule has 1 heterocycles. The van der Waals surface area contributed by atoms with E-state index < -0.39 is 0 Å². The fraction of sp³-hybridized carbons (Fsp3) is 0.714. The van der Waals surface area contributed by atoms with E-state index in [9.17, 15) is 5.11 Å². The second-order valence-corrected chi connectivity index (χ2v) is 6.15. The van der Waals surface area contributed by atoms with Crippen molar-refractivity contribution in [2.75, 3.05) is 6.61 Å². The van der Waals surface area contributed by atoms with E-state index in [2.05, 4.69) is 25.2 Å². The van der Waals surface area contributed by atoms with Gasteiger partial charge in [0.2, 0.25) is 0 Å². The molecule has 0 saturated heterocycles. The normalized spacial score (nSPS) is 18.8. The monoisotopic (exact) mass is 253 g/mol. The zero-order chi connectivity index (χ0) is 12.3. The maximum atomic E-state index is 9.22. The molecule has 17 heavy (non-hydrogen) atoms. The van der Waals surface area contributed by atoms with Gasteiger partial charge in [-0.1, -0.05) is 6.92 Å². The van der Waals surface area contributed by atoms with Crippen LogP contribution in [-0.4, -0.2) is 17.8 Å². The lowest BCUT2D eigenvalue weighted by atomic mass is 9.99. The van der Waals surface area contributed by atoms with Crippen LogP contribution in [-0.2, 0) is 12.8 Å². The van der Waals surface area contributed by atoms with E-state index in [0.29, 0.717) is 6.04 Å². The molecule has 1 aromatic heterocycles. The van der Waals surface area contributed by atoms with Crippen molar-refractivity contribution in [2.24, 2.45) is 0 Å². The Kier molecular flexibility index (Phi) is 4.60. The average Bonchev–Trinajstić information content (AvgIpc) is 2.79. The first-order chi connectivity index (χ1) is 8.24. The van der Waals surface area contributed by atoms with Crippen molar-refractivity contribution in [1.82, 2.24) is 5.32 Å². The van der Waals surface area contributed by atoms with Gasteiger partial charge in [-0.25, -0.2) is 0 Å². The Hall–Kier alpha value is -0.380. The minimum Gasteiger partial charge on any atom is -0.395 e. The Morgan fingerprint density at radius 3 is 2.82 bits per heavy atom. The second kappa shape index (κ2) is 5.98. The lowest BCUT2D eigenvalue weighted by Gasteiger charge is -2.19. The first-order valence-electron chi connectivity index (χ1n) is 6.73. The third-order valence-corrected chi connectivity index (χ3v) is 5.06. The zero-order valence-corrected chi connectivity index (χ0v) is 11.6. The summed E-state index contributed by atoms with van der Waals surface area (Å²) in [6.07, 6.45) is 6.20. The minimum absolute atomic E-state index is 0.226. The summed E-state index contributed by atoms with van der Waals surface area (Å²) >= 11 is 1.96. The van der Waals surface area contributed by atoms with Gasteiger partial charge in [0.05, 0.1) is 6.61 Å². The van der Waals surface area contributed by atoms with E-state index in [0.717, 1.165) is 6.42 Å². The van der Waals surface area contributed by atoms with Gasteiger partial charge in [-0.05, 0) is 50.7 Å². The highest BCUT2D eigenvalue weighted by Crippen LogP contribution is 2.32. The van der Waals surface area contributed by atoms with Gasteiger partial charge in [-0.2, -0.15) is 0 Å². The molecule has 0 spiro atoms. The molecular weight excluding hydrogens is 230 g/mol. The lowest BCUT2D eigenvalue weighted by Crippen LogP contribution is -2.33. The average molecular weight is 253 g/mol. The van der Waals surface area contributed by atoms with E-state index in [4.69, 9.17) is 0 Å². The van der Waals surface area contributed by atoms with Crippen LogP contribution in [0.4, 0.5) is 0 Å². The molecule has 96 valence electrons. The highest BCUT2D eigenvalue weighted by Gasteiger charge is 2.17. The van der Waals surface area contributed by atoms with Crippen molar-refractivity contribution in [2.45, 2.75) is 58.0 Å². The molecular formula is C14H23NOS. The maximum absolute atomic E-state index is 9.22. The van der Waals surface area contributed by atoms with E-state index in [1.165, 1.54) is 30.6 Å². The fourth-order valence-electron chi connectivity index (χ4n) is 2.46. The topological polar surface area (TPSA) is 32.3 Å². The molecule has 3 heteroatoms. The number of thiophene rings is 1. The van der Waals surface area contributed by atoms with Crippen LogP contribution in [0.2, 0.25) is 0 Å². The van der Waals surface area contributed by atoms with E-state index >= 15 is 0 Å². The van der Waals surface area contributed by atoms with Gasteiger partial charge < -0.3 is 10.4 Å². The predicted molar refractivity (Wildman–Crippen MR) is 73.7 cm³/mol. The number of hydrogen-bond donors (Lipinski definition) is 2. The molecule has 0 radical (unpaired) electrons. The van der Waals surface area contributed by atoms with Crippen LogP contribution in [0, 0.1) is 0 Å². The van der Waals surface area contributed by atoms with E-state index in [1.54, 1.807) is 10.4 Å². The van der Waals surface area contributed by atoms with Crippen LogP contribution in [0.5, 0.6) is 0 Å². The predicted octanol–water partition coefficient (Wildman–Crippen LogP) is 3.05. The first kappa shape index (κ1) is 13.1. The minimum atomic E-state index is 0.226. The van der Waals surface area contributed by atoms with Crippen molar-refractivity contribution in [1.29, 1.82) is 0 Å². The molecule has 1 aliphatic rings. The summed E-state index contributed by atoms with van der Waals surface area (Å²) in [5.41, 5.74) is 1.57. The third-order valence-electron chi connectivity index (χ3n) is 3.64. The summed E-state index contributed by atoms with van der Waals surface area (Å²) in [5, 5.41) is 12.7. The van der Waals surface area contributed by atoms with Crippen LogP contribution in [0.25, 0.3) is 0 Å². The molecule has 0 fully saturated rings. The highest BCUT2D eigenvalue weighted by molar-refractivity contribution is 7.12. The van der Waals surface area contributed by atoms with Gasteiger partial charge in [0.15, 0.2) is 0 Å². The van der Waals surface area contributed by atoms with Gasteiger partial charge >= 0.3 is 0 Å².